The summed E-state index contributed by atoms with van der Waals surface area (Å²) in [5, 5.41) is 6.05. The monoisotopic (exact) mass is 555 g/mol. The smallest absolute Gasteiger partial charge is 0.493 e. The molecule has 172 valence electrons. The molecule has 0 unspecified atom stereocenters. The molecule has 0 heterocycles. The molecule has 0 saturated heterocycles. The van der Waals surface area contributed by atoms with Crippen molar-refractivity contribution in [2.24, 2.45) is 4.99 Å². The van der Waals surface area contributed by atoms with Gasteiger partial charge in [-0.05, 0) is 18.2 Å². The highest BCUT2D eigenvalue weighted by Crippen LogP contribution is 2.39. The molecule has 0 aliphatic carbocycles. The Balaban J connectivity index is 0.00000480. The molecule has 0 aromatic heterocycles. The number of nitrogens with zero attached hydrogens (tertiary/aromatic N) is 1. The standard InChI is InChI=1S/C20H24F3N3O4.HI/c1-24-19(25-11-13-7-5-6-8-15(13)30-20(21,22)23)26-12-14-9-10-16(27-2)18(29-4)17(14)28-3;/h5-10H,11-12H2,1-4H3,(H2,24,25,26);1H. The van der Waals surface area contributed by atoms with Gasteiger partial charge in [-0.2, -0.15) is 0 Å². The number of alkyl halides is 3. The minimum Gasteiger partial charge on any atom is -0.493 e. The van der Waals surface area contributed by atoms with Gasteiger partial charge in [0.2, 0.25) is 5.75 Å². The van der Waals surface area contributed by atoms with Gasteiger partial charge in [0.25, 0.3) is 0 Å². The van der Waals surface area contributed by atoms with Gasteiger partial charge >= 0.3 is 6.36 Å². The van der Waals surface area contributed by atoms with E-state index < -0.39 is 6.36 Å². The largest absolute Gasteiger partial charge is 0.573 e. The summed E-state index contributed by atoms with van der Waals surface area (Å²) in [7, 11) is 6.12. The first-order valence-electron chi connectivity index (χ1n) is 8.89. The van der Waals surface area contributed by atoms with E-state index in [0.717, 1.165) is 5.56 Å². The van der Waals surface area contributed by atoms with Crippen LogP contribution in [0.25, 0.3) is 0 Å². The molecule has 2 aromatic carbocycles. The van der Waals surface area contributed by atoms with Crippen LogP contribution in [0.1, 0.15) is 11.1 Å². The number of halogens is 4. The molecular weight excluding hydrogens is 530 g/mol. The molecule has 0 spiro atoms. The van der Waals surface area contributed by atoms with Crippen molar-refractivity contribution in [2.75, 3.05) is 28.4 Å². The van der Waals surface area contributed by atoms with Gasteiger partial charge in [-0.25, -0.2) is 0 Å². The fourth-order valence-corrected chi connectivity index (χ4v) is 2.76. The Kier molecular flexibility index (Phi) is 10.5. The van der Waals surface area contributed by atoms with Gasteiger partial charge in [0.05, 0.1) is 21.3 Å². The quantitative estimate of drug-likeness (QED) is 0.291. The molecule has 0 amide bonds. The second kappa shape index (κ2) is 12.3. The summed E-state index contributed by atoms with van der Waals surface area (Å²) in [5.74, 6) is 1.61. The van der Waals surface area contributed by atoms with Crippen LogP contribution in [0.2, 0.25) is 0 Å². The Labute approximate surface area is 195 Å². The molecule has 0 bridgehead atoms. The number of para-hydroxylation sites is 1. The summed E-state index contributed by atoms with van der Waals surface area (Å²) >= 11 is 0. The third-order valence-corrected chi connectivity index (χ3v) is 4.10. The fourth-order valence-electron chi connectivity index (χ4n) is 2.76. The van der Waals surface area contributed by atoms with Crippen molar-refractivity contribution >= 4 is 29.9 Å². The van der Waals surface area contributed by atoms with E-state index >= 15 is 0 Å². The second-order valence-corrected chi connectivity index (χ2v) is 5.93. The lowest BCUT2D eigenvalue weighted by Gasteiger charge is -2.18. The van der Waals surface area contributed by atoms with Crippen LogP contribution in [0, 0.1) is 0 Å². The van der Waals surface area contributed by atoms with E-state index in [1.54, 1.807) is 25.2 Å². The molecule has 0 fully saturated rings. The van der Waals surface area contributed by atoms with Crippen LogP contribution in [-0.4, -0.2) is 40.7 Å². The highest BCUT2D eigenvalue weighted by Gasteiger charge is 2.31. The topological polar surface area (TPSA) is 73.3 Å². The summed E-state index contributed by atoms with van der Waals surface area (Å²) in [4.78, 5) is 4.09. The van der Waals surface area contributed by atoms with Crippen LogP contribution in [0.15, 0.2) is 41.4 Å². The first-order chi connectivity index (χ1) is 14.3. The van der Waals surface area contributed by atoms with Gasteiger partial charge in [0, 0.05) is 31.3 Å². The first kappa shape index (κ1) is 26.5. The number of benzene rings is 2. The van der Waals surface area contributed by atoms with Crippen molar-refractivity contribution in [3.8, 4) is 23.0 Å². The predicted octanol–water partition coefficient (Wildman–Crippen LogP) is 4.09. The lowest BCUT2D eigenvalue weighted by molar-refractivity contribution is -0.274. The number of hydrogen-bond acceptors (Lipinski definition) is 5. The highest BCUT2D eigenvalue weighted by atomic mass is 127. The molecule has 0 aliphatic heterocycles. The molecule has 7 nitrogen and oxygen atoms in total. The Morgan fingerprint density at radius 2 is 1.45 bits per heavy atom. The highest BCUT2D eigenvalue weighted by molar-refractivity contribution is 14.0. The number of hydrogen-bond donors (Lipinski definition) is 2. The van der Waals surface area contributed by atoms with Crippen LogP contribution in [0.5, 0.6) is 23.0 Å². The number of methoxy groups -OCH3 is 3. The number of ether oxygens (including phenoxy) is 4. The van der Waals surface area contributed by atoms with Crippen molar-refractivity contribution in [2.45, 2.75) is 19.5 Å². The van der Waals surface area contributed by atoms with Crippen molar-refractivity contribution in [1.82, 2.24) is 10.6 Å². The molecule has 31 heavy (non-hydrogen) atoms. The Morgan fingerprint density at radius 1 is 0.839 bits per heavy atom. The van der Waals surface area contributed by atoms with Crippen LogP contribution in [0.3, 0.4) is 0 Å². The fraction of sp³-hybridized carbons (Fsp3) is 0.350. The maximum Gasteiger partial charge on any atom is 0.573 e. The zero-order valence-electron chi connectivity index (χ0n) is 17.5. The summed E-state index contributed by atoms with van der Waals surface area (Å²) in [6, 6.07) is 9.46. The van der Waals surface area contributed by atoms with Gasteiger partial charge in [-0.15, -0.1) is 37.1 Å². The van der Waals surface area contributed by atoms with Crippen LogP contribution >= 0.6 is 24.0 Å². The molecule has 0 radical (unpaired) electrons. The van der Waals surface area contributed by atoms with Crippen LogP contribution in [-0.2, 0) is 13.1 Å². The van der Waals surface area contributed by atoms with E-state index in [1.807, 2.05) is 6.07 Å². The Bertz CT molecular complexity index is 879. The van der Waals surface area contributed by atoms with Crippen LogP contribution < -0.4 is 29.6 Å². The second-order valence-electron chi connectivity index (χ2n) is 5.93. The molecular formula is C20H25F3IN3O4. The maximum absolute atomic E-state index is 12.6. The Morgan fingerprint density at radius 3 is 2.00 bits per heavy atom. The molecule has 0 aliphatic rings. The molecule has 0 saturated carbocycles. The lowest BCUT2D eigenvalue weighted by Crippen LogP contribution is -2.36. The van der Waals surface area contributed by atoms with E-state index in [9.17, 15) is 13.2 Å². The molecule has 0 atom stereocenters. The van der Waals surface area contributed by atoms with Crippen molar-refractivity contribution in [1.29, 1.82) is 0 Å². The Hall–Kier alpha value is -2.57. The summed E-state index contributed by atoms with van der Waals surface area (Å²) in [6.07, 6.45) is -4.76. The SMILES string of the molecule is CN=C(NCc1ccccc1OC(F)(F)F)NCc1ccc(OC)c(OC)c1OC.I. The molecule has 2 N–H and O–H groups in total. The zero-order valence-corrected chi connectivity index (χ0v) is 19.8. The zero-order chi connectivity index (χ0) is 22.1. The van der Waals surface area contributed by atoms with E-state index in [4.69, 9.17) is 14.2 Å². The van der Waals surface area contributed by atoms with Crippen molar-refractivity contribution in [3.05, 3.63) is 47.5 Å². The van der Waals surface area contributed by atoms with Crippen LogP contribution in [0.4, 0.5) is 13.2 Å². The lowest BCUT2D eigenvalue weighted by atomic mass is 10.1. The minimum absolute atomic E-state index is 0. The average Bonchev–Trinajstić information content (AvgIpc) is 2.72. The van der Waals surface area contributed by atoms with E-state index in [1.165, 1.54) is 33.5 Å². The van der Waals surface area contributed by atoms with Gasteiger partial charge in [-0.1, -0.05) is 18.2 Å². The summed E-state index contributed by atoms with van der Waals surface area (Å²) < 4.78 is 57.8. The normalized spacial score (nSPS) is 11.3. The molecule has 2 rings (SSSR count). The number of rotatable bonds is 8. The van der Waals surface area contributed by atoms with Gasteiger partial charge in [-0.3, -0.25) is 4.99 Å². The summed E-state index contributed by atoms with van der Waals surface area (Å²) in [5.41, 5.74) is 1.11. The molecule has 2 aromatic rings. The van der Waals surface area contributed by atoms with E-state index in [2.05, 4.69) is 20.4 Å². The van der Waals surface area contributed by atoms with Gasteiger partial charge in [0.1, 0.15) is 5.75 Å². The number of aliphatic imine (C=N–C) groups is 1. The third kappa shape index (κ3) is 7.56. The van der Waals surface area contributed by atoms with E-state index in [-0.39, 0.29) is 36.3 Å². The first-order valence-corrected chi connectivity index (χ1v) is 8.89. The van der Waals surface area contributed by atoms with Crippen molar-refractivity contribution < 1.29 is 32.1 Å². The predicted molar refractivity (Wildman–Crippen MR) is 122 cm³/mol. The van der Waals surface area contributed by atoms with Crippen molar-refractivity contribution in [3.63, 3.8) is 0 Å². The third-order valence-electron chi connectivity index (χ3n) is 4.10. The molecule has 11 heteroatoms. The van der Waals surface area contributed by atoms with E-state index in [0.29, 0.717) is 35.3 Å². The van der Waals surface area contributed by atoms with Gasteiger partial charge in [0.15, 0.2) is 17.5 Å². The number of nitrogens with one attached hydrogen (secondary N) is 2. The minimum atomic E-state index is -4.76. The number of guanidine groups is 1. The average molecular weight is 555 g/mol. The van der Waals surface area contributed by atoms with Gasteiger partial charge < -0.3 is 29.6 Å². The maximum atomic E-state index is 12.6. The summed E-state index contributed by atoms with van der Waals surface area (Å²) in [6.45, 7) is 0.402.